The van der Waals surface area contributed by atoms with Crippen molar-refractivity contribution in [3.05, 3.63) is 65.7 Å². The van der Waals surface area contributed by atoms with Gasteiger partial charge < -0.3 is 15.4 Å². The monoisotopic (exact) mass is 351 g/mol. The van der Waals surface area contributed by atoms with Gasteiger partial charge in [-0.15, -0.1) is 0 Å². The number of hydrogen-bond acceptors (Lipinski definition) is 2. The van der Waals surface area contributed by atoms with Gasteiger partial charge in [0.1, 0.15) is 5.75 Å². The van der Waals surface area contributed by atoms with E-state index >= 15 is 0 Å². The summed E-state index contributed by atoms with van der Waals surface area (Å²) < 4.78 is 5.38. The fourth-order valence-electron chi connectivity index (χ4n) is 3.94. The fraction of sp³-hybridized carbons (Fsp3) is 0.409. The van der Waals surface area contributed by atoms with Gasteiger partial charge in [0.05, 0.1) is 7.11 Å². The number of para-hydroxylation sites is 1. The zero-order chi connectivity index (χ0) is 18.2. The second kappa shape index (κ2) is 8.75. The van der Waals surface area contributed by atoms with E-state index in [9.17, 15) is 0 Å². The predicted molar refractivity (Wildman–Crippen MR) is 107 cm³/mol. The number of benzene rings is 2. The highest BCUT2D eigenvalue weighted by atomic mass is 16.5. The Hall–Kier alpha value is -2.49. The maximum absolute atomic E-state index is 8.27. The molecule has 0 unspecified atom stereocenters. The first kappa shape index (κ1) is 18.3. The minimum Gasteiger partial charge on any atom is -0.496 e. The molecule has 2 aromatic carbocycles. The zero-order valence-electron chi connectivity index (χ0n) is 15.6. The molecule has 0 spiro atoms. The Kier molecular flexibility index (Phi) is 6.16. The molecule has 2 aromatic rings. The van der Waals surface area contributed by atoms with Crippen molar-refractivity contribution in [1.29, 1.82) is 5.41 Å². The smallest absolute Gasteiger partial charge is 0.188 e. The molecule has 4 heteroatoms. The minimum atomic E-state index is 0.137. The summed E-state index contributed by atoms with van der Waals surface area (Å²) in [7, 11) is 1.68. The molecule has 1 aliphatic rings. The standard InChI is InChI=1S/C22H29N3O/c1-26-20-13-7-6-10-18(20)16-24-21(23)25-17-22(14-8-3-9-15-22)19-11-4-2-5-12-19/h2,4-7,10-13H,3,8-9,14-17H2,1H3,(H3,23,24,25). The van der Waals surface area contributed by atoms with Crippen LogP contribution in [0.4, 0.5) is 0 Å². The highest BCUT2D eigenvalue weighted by Gasteiger charge is 2.33. The first-order valence-electron chi connectivity index (χ1n) is 9.47. The molecular formula is C22H29N3O. The summed E-state index contributed by atoms with van der Waals surface area (Å²) in [5.41, 5.74) is 2.58. The van der Waals surface area contributed by atoms with Crippen molar-refractivity contribution in [3.8, 4) is 5.75 Å². The molecular weight excluding hydrogens is 322 g/mol. The number of rotatable bonds is 6. The van der Waals surface area contributed by atoms with E-state index in [-0.39, 0.29) is 5.41 Å². The third-order valence-corrected chi connectivity index (χ3v) is 5.45. The zero-order valence-corrected chi connectivity index (χ0v) is 15.6. The number of guanidine groups is 1. The van der Waals surface area contributed by atoms with Crippen LogP contribution in [0.2, 0.25) is 0 Å². The number of methoxy groups -OCH3 is 1. The Labute approximate surface area is 156 Å². The van der Waals surface area contributed by atoms with Crippen LogP contribution < -0.4 is 15.4 Å². The van der Waals surface area contributed by atoms with E-state index in [1.165, 1.54) is 37.7 Å². The first-order valence-corrected chi connectivity index (χ1v) is 9.47. The lowest BCUT2D eigenvalue weighted by molar-refractivity contribution is 0.291. The van der Waals surface area contributed by atoms with Crippen LogP contribution in [0, 0.1) is 5.41 Å². The maximum atomic E-state index is 8.27. The molecule has 3 rings (SSSR count). The molecule has 0 bridgehead atoms. The summed E-state index contributed by atoms with van der Waals surface area (Å²) in [6, 6.07) is 18.7. The van der Waals surface area contributed by atoms with Crippen molar-refractivity contribution < 1.29 is 4.74 Å². The first-order chi connectivity index (χ1) is 12.7. The molecule has 1 fully saturated rings. The summed E-state index contributed by atoms with van der Waals surface area (Å²) in [5.74, 6) is 1.22. The molecule has 1 aliphatic carbocycles. The Balaban J connectivity index is 1.59. The third-order valence-electron chi connectivity index (χ3n) is 5.45. The van der Waals surface area contributed by atoms with Gasteiger partial charge in [-0.2, -0.15) is 0 Å². The molecule has 1 saturated carbocycles. The molecule has 0 aromatic heterocycles. The Morgan fingerprint density at radius 2 is 1.65 bits per heavy atom. The van der Waals surface area contributed by atoms with Crippen LogP contribution in [-0.2, 0) is 12.0 Å². The molecule has 0 radical (unpaired) electrons. The summed E-state index contributed by atoms with van der Waals surface area (Å²) in [6.45, 7) is 1.38. The van der Waals surface area contributed by atoms with Crippen molar-refractivity contribution in [2.24, 2.45) is 0 Å². The molecule has 0 atom stereocenters. The van der Waals surface area contributed by atoms with Crippen LogP contribution in [0.1, 0.15) is 43.2 Å². The van der Waals surface area contributed by atoms with E-state index in [0.29, 0.717) is 12.5 Å². The van der Waals surface area contributed by atoms with E-state index in [4.69, 9.17) is 10.1 Å². The van der Waals surface area contributed by atoms with Crippen LogP contribution in [0.25, 0.3) is 0 Å². The third kappa shape index (κ3) is 4.37. The highest BCUT2D eigenvalue weighted by molar-refractivity contribution is 5.76. The lowest BCUT2D eigenvalue weighted by Crippen LogP contribution is -2.46. The largest absolute Gasteiger partial charge is 0.496 e. The van der Waals surface area contributed by atoms with Crippen molar-refractivity contribution in [2.45, 2.75) is 44.1 Å². The van der Waals surface area contributed by atoms with Crippen LogP contribution in [0.3, 0.4) is 0 Å². The normalized spacial score (nSPS) is 15.9. The molecule has 0 amide bonds. The molecule has 0 saturated heterocycles. The van der Waals surface area contributed by atoms with Gasteiger partial charge >= 0.3 is 0 Å². The topological polar surface area (TPSA) is 57.1 Å². The van der Waals surface area contributed by atoms with Crippen LogP contribution >= 0.6 is 0 Å². The van der Waals surface area contributed by atoms with Crippen molar-refractivity contribution >= 4 is 5.96 Å². The fourth-order valence-corrected chi connectivity index (χ4v) is 3.94. The van der Waals surface area contributed by atoms with Gasteiger partial charge in [-0.1, -0.05) is 67.8 Å². The minimum absolute atomic E-state index is 0.137. The van der Waals surface area contributed by atoms with Gasteiger partial charge in [-0.3, -0.25) is 5.41 Å². The molecule has 26 heavy (non-hydrogen) atoms. The lowest BCUT2D eigenvalue weighted by atomic mass is 9.69. The van der Waals surface area contributed by atoms with E-state index < -0.39 is 0 Å². The highest BCUT2D eigenvalue weighted by Crippen LogP contribution is 2.38. The van der Waals surface area contributed by atoms with Gasteiger partial charge in [0.2, 0.25) is 0 Å². The van der Waals surface area contributed by atoms with Gasteiger partial charge in [-0.05, 0) is 24.5 Å². The second-order valence-corrected chi connectivity index (χ2v) is 7.10. The Morgan fingerprint density at radius 1 is 0.962 bits per heavy atom. The summed E-state index contributed by atoms with van der Waals surface area (Å²) in [5, 5.41) is 14.8. The quantitative estimate of drug-likeness (QED) is 0.540. The van der Waals surface area contributed by atoms with Gasteiger partial charge in [0.25, 0.3) is 0 Å². The summed E-state index contributed by atoms with van der Waals surface area (Å²) >= 11 is 0. The Bertz CT molecular complexity index is 708. The van der Waals surface area contributed by atoms with Crippen LogP contribution in [-0.4, -0.2) is 19.6 Å². The average Bonchev–Trinajstić information content (AvgIpc) is 2.72. The number of hydrogen-bond donors (Lipinski definition) is 3. The van der Waals surface area contributed by atoms with E-state index in [1.807, 2.05) is 24.3 Å². The van der Waals surface area contributed by atoms with E-state index in [0.717, 1.165) is 17.9 Å². The SMILES string of the molecule is COc1ccccc1CNC(=N)NCC1(c2ccccc2)CCCCC1. The van der Waals surface area contributed by atoms with Gasteiger partial charge in [-0.25, -0.2) is 0 Å². The maximum Gasteiger partial charge on any atom is 0.188 e. The number of ether oxygens (including phenoxy) is 1. The van der Waals surface area contributed by atoms with E-state index in [1.54, 1.807) is 7.11 Å². The van der Waals surface area contributed by atoms with Crippen molar-refractivity contribution in [3.63, 3.8) is 0 Å². The average molecular weight is 351 g/mol. The van der Waals surface area contributed by atoms with Crippen LogP contribution in [0.15, 0.2) is 54.6 Å². The molecule has 138 valence electrons. The summed E-state index contributed by atoms with van der Waals surface area (Å²) in [4.78, 5) is 0. The molecule has 0 aliphatic heterocycles. The molecule has 4 nitrogen and oxygen atoms in total. The molecule has 3 N–H and O–H groups in total. The number of nitrogens with one attached hydrogen (secondary N) is 3. The predicted octanol–water partition coefficient (Wildman–Crippen LogP) is 4.21. The Morgan fingerprint density at radius 3 is 2.38 bits per heavy atom. The second-order valence-electron chi connectivity index (χ2n) is 7.10. The van der Waals surface area contributed by atoms with Crippen molar-refractivity contribution in [1.82, 2.24) is 10.6 Å². The lowest BCUT2D eigenvalue weighted by Gasteiger charge is -2.38. The van der Waals surface area contributed by atoms with E-state index in [2.05, 4.69) is 41.0 Å². The molecule has 0 heterocycles. The van der Waals surface area contributed by atoms with Crippen LogP contribution in [0.5, 0.6) is 5.75 Å². The van der Waals surface area contributed by atoms with Crippen molar-refractivity contribution in [2.75, 3.05) is 13.7 Å². The summed E-state index contributed by atoms with van der Waals surface area (Å²) in [6.07, 6.45) is 6.21. The van der Waals surface area contributed by atoms with Gasteiger partial charge in [0, 0.05) is 24.1 Å². The van der Waals surface area contributed by atoms with Gasteiger partial charge in [0.15, 0.2) is 5.96 Å².